The van der Waals surface area contributed by atoms with Crippen LogP contribution in [0.1, 0.15) is 29.8 Å². The molecule has 0 aliphatic rings. The Labute approximate surface area is 133 Å². The van der Waals surface area contributed by atoms with Gasteiger partial charge >= 0.3 is 0 Å². The first-order valence-corrected chi connectivity index (χ1v) is 7.58. The molecule has 0 aromatic heterocycles. The highest BCUT2D eigenvalue weighted by atomic mass is 79.9. The third-order valence-electron chi connectivity index (χ3n) is 3.51. The fourth-order valence-corrected chi connectivity index (χ4v) is 2.44. The highest BCUT2D eigenvalue weighted by Gasteiger charge is 2.21. The van der Waals surface area contributed by atoms with Gasteiger partial charge in [-0.25, -0.2) is 0 Å². The van der Waals surface area contributed by atoms with Crippen molar-refractivity contribution in [2.24, 2.45) is 0 Å². The largest absolute Gasteiger partial charge is 0.398 e. The quantitative estimate of drug-likeness (QED) is 0.828. The van der Waals surface area contributed by atoms with Crippen LogP contribution in [0.3, 0.4) is 0 Å². The second kappa shape index (κ2) is 6.31. The summed E-state index contributed by atoms with van der Waals surface area (Å²) in [6, 6.07) is 15.3. The van der Waals surface area contributed by atoms with Gasteiger partial charge in [0, 0.05) is 27.7 Å². The van der Waals surface area contributed by atoms with Gasteiger partial charge in [-0.3, -0.25) is 4.79 Å². The van der Waals surface area contributed by atoms with Crippen molar-refractivity contribution in [1.82, 2.24) is 5.32 Å². The number of rotatable bonds is 4. The van der Waals surface area contributed by atoms with Crippen LogP contribution in [0.15, 0.2) is 53.0 Å². The molecule has 2 aromatic rings. The molecular weight excluding hydrogens is 328 g/mol. The third-order valence-corrected chi connectivity index (χ3v) is 4.20. The molecule has 0 unspecified atom stereocenters. The number of nitrogens with one attached hydrogen (secondary N) is 1. The lowest BCUT2D eigenvalue weighted by Crippen LogP contribution is -2.36. The Morgan fingerprint density at radius 1 is 1.19 bits per heavy atom. The van der Waals surface area contributed by atoms with Crippen LogP contribution in [-0.4, -0.2) is 12.5 Å². The van der Waals surface area contributed by atoms with E-state index in [1.807, 2.05) is 18.2 Å². The molecule has 0 saturated carbocycles. The van der Waals surface area contributed by atoms with E-state index in [-0.39, 0.29) is 11.3 Å². The van der Waals surface area contributed by atoms with Crippen molar-refractivity contribution in [3.63, 3.8) is 0 Å². The molecule has 0 aliphatic heterocycles. The van der Waals surface area contributed by atoms with Gasteiger partial charge < -0.3 is 11.1 Å². The summed E-state index contributed by atoms with van der Waals surface area (Å²) >= 11 is 3.34. The normalized spacial score (nSPS) is 11.2. The van der Waals surface area contributed by atoms with Crippen molar-refractivity contribution in [3.05, 3.63) is 64.1 Å². The standard InChI is InChI=1S/C17H19BrN2O/c1-17(2,13-6-4-3-5-7-13)11-20-16(21)12-8-9-15(19)14(18)10-12/h3-10H,11,19H2,1-2H3,(H,20,21). The van der Waals surface area contributed by atoms with Gasteiger partial charge in [0.15, 0.2) is 0 Å². The fourth-order valence-electron chi connectivity index (χ4n) is 2.06. The molecule has 0 aliphatic carbocycles. The van der Waals surface area contributed by atoms with Crippen LogP contribution in [0, 0.1) is 0 Å². The van der Waals surface area contributed by atoms with Gasteiger partial charge in [0.05, 0.1) is 0 Å². The number of carbonyl (C=O) groups excluding carboxylic acids is 1. The molecule has 0 saturated heterocycles. The maximum absolute atomic E-state index is 12.2. The zero-order valence-corrected chi connectivity index (χ0v) is 13.8. The summed E-state index contributed by atoms with van der Waals surface area (Å²) in [6.45, 7) is 4.79. The van der Waals surface area contributed by atoms with E-state index in [1.54, 1.807) is 18.2 Å². The maximum Gasteiger partial charge on any atom is 0.251 e. The number of amides is 1. The first kappa shape index (κ1) is 15.6. The molecule has 1 amide bonds. The van der Waals surface area contributed by atoms with Crippen molar-refractivity contribution in [2.75, 3.05) is 12.3 Å². The van der Waals surface area contributed by atoms with Crippen molar-refractivity contribution >= 4 is 27.5 Å². The van der Waals surface area contributed by atoms with E-state index in [0.29, 0.717) is 17.8 Å². The molecule has 0 bridgehead atoms. The number of benzene rings is 2. The average molecular weight is 347 g/mol. The molecule has 110 valence electrons. The van der Waals surface area contributed by atoms with Crippen LogP contribution >= 0.6 is 15.9 Å². The fraction of sp³-hybridized carbons (Fsp3) is 0.235. The second-order valence-corrected chi connectivity index (χ2v) is 6.52. The summed E-state index contributed by atoms with van der Waals surface area (Å²) in [4.78, 5) is 12.2. The van der Waals surface area contributed by atoms with Gasteiger partial charge in [-0.2, -0.15) is 0 Å². The number of nitrogen functional groups attached to an aromatic ring is 1. The molecule has 3 nitrogen and oxygen atoms in total. The Balaban J connectivity index is 2.05. The van der Waals surface area contributed by atoms with Crippen molar-refractivity contribution < 1.29 is 4.79 Å². The van der Waals surface area contributed by atoms with E-state index in [4.69, 9.17) is 5.73 Å². The Hall–Kier alpha value is -1.81. The summed E-state index contributed by atoms with van der Waals surface area (Å²) in [5.74, 6) is -0.0975. The molecule has 2 aromatic carbocycles. The van der Waals surface area contributed by atoms with Gasteiger partial charge in [-0.05, 0) is 39.7 Å². The monoisotopic (exact) mass is 346 g/mol. The van der Waals surface area contributed by atoms with E-state index in [1.165, 1.54) is 5.56 Å². The van der Waals surface area contributed by atoms with Crippen LogP contribution in [0.5, 0.6) is 0 Å². The SMILES string of the molecule is CC(C)(CNC(=O)c1ccc(N)c(Br)c1)c1ccccc1. The summed E-state index contributed by atoms with van der Waals surface area (Å²) < 4.78 is 0.734. The van der Waals surface area contributed by atoms with E-state index in [2.05, 4.69) is 47.2 Å². The first-order valence-electron chi connectivity index (χ1n) is 6.79. The van der Waals surface area contributed by atoms with Gasteiger partial charge in [0.25, 0.3) is 5.91 Å². The van der Waals surface area contributed by atoms with E-state index in [9.17, 15) is 4.79 Å². The van der Waals surface area contributed by atoms with Crippen LogP contribution in [0.25, 0.3) is 0 Å². The Morgan fingerprint density at radius 3 is 2.48 bits per heavy atom. The minimum absolute atomic E-state index is 0.0975. The minimum Gasteiger partial charge on any atom is -0.398 e. The van der Waals surface area contributed by atoms with Gasteiger partial charge in [-0.15, -0.1) is 0 Å². The third kappa shape index (κ3) is 3.85. The second-order valence-electron chi connectivity index (χ2n) is 5.67. The van der Waals surface area contributed by atoms with Crippen molar-refractivity contribution in [1.29, 1.82) is 0 Å². The maximum atomic E-state index is 12.2. The van der Waals surface area contributed by atoms with Gasteiger partial charge in [0.2, 0.25) is 0 Å². The van der Waals surface area contributed by atoms with E-state index in [0.717, 1.165) is 4.47 Å². The average Bonchev–Trinajstić information content (AvgIpc) is 2.48. The predicted octanol–water partition coefficient (Wildman–Crippen LogP) is 3.74. The molecule has 0 radical (unpaired) electrons. The summed E-state index contributed by atoms with van der Waals surface area (Å²) in [5, 5.41) is 2.98. The molecule has 0 atom stereocenters. The lowest BCUT2D eigenvalue weighted by atomic mass is 9.84. The highest BCUT2D eigenvalue weighted by Crippen LogP contribution is 2.23. The van der Waals surface area contributed by atoms with E-state index < -0.39 is 0 Å². The summed E-state index contributed by atoms with van der Waals surface area (Å²) in [7, 11) is 0. The van der Waals surface area contributed by atoms with Gasteiger partial charge in [-0.1, -0.05) is 44.2 Å². The molecule has 0 fully saturated rings. The van der Waals surface area contributed by atoms with E-state index >= 15 is 0 Å². The molecule has 4 heteroatoms. The number of halogens is 1. The zero-order chi connectivity index (χ0) is 15.5. The number of anilines is 1. The first-order chi connectivity index (χ1) is 9.90. The molecule has 0 spiro atoms. The van der Waals surface area contributed by atoms with Crippen LogP contribution in [-0.2, 0) is 5.41 Å². The number of hydrogen-bond donors (Lipinski definition) is 2. The summed E-state index contributed by atoms with van der Waals surface area (Å²) in [5.41, 5.74) is 8.02. The van der Waals surface area contributed by atoms with Crippen LogP contribution < -0.4 is 11.1 Å². The lowest BCUT2D eigenvalue weighted by Gasteiger charge is -2.25. The molecule has 3 N–H and O–H groups in total. The number of hydrogen-bond acceptors (Lipinski definition) is 2. The molecule has 21 heavy (non-hydrogen) atoms. The van der Waals surface area contributed by atoms with Crippen LogP contribution in [0.4, 0.5) is 5.69 Å². The highest BCUT2D eigenvalue weighted by molar-refractivity contribution is 9.10. The predicted molar refractivity (Wildman–Crippen MR) is 90.4 cm³/mol. The Kier molecular flexibility index (Phi) is 4.68. The summed E-state index contributed by atoms with van der Waals surface area (Å²) in [6.07, 6.45) is 0. The van der Waals surface area contributed by atoms with Crippen LogP contribution in [0.2, 0.25) is 0 Å². The number of nitrogens with two attached hydrogens (primary N) is 1. The topological polar surface area (TPSA) is 55.1 Å². The zero-order valence-electron chi connectivity index (χ0n) is 12.2. The van der Waals surface area contributed by atoms with Crippen molar-refractivity contribution in [3.8, 4) is 0 Å². The Bertz CT molecular complexity index is 638. The molecular formula is C17H19BrN2O. The smallest absolute Gasteiger partial charge is 0.251 e. The molecule has 0 heterocycles. The number of carbonyl (C=O) groups is 1. The van der Waals surface area contributed by atoms with Crippen molar-refractivity contribution in [2.45, 2.75) is 19.3 Å². The Morgan fingerprint density at radius 2 is 1.86 bits per heavy atom. The van der Waals surface area contributed by atoms with Gasteiger partial charge in [0.1, 0.15) is 0 Å². The molecule has 2 rings (SSSR count). The minimum atomic E-state index is -0.123. The lowest BCUT2D eigenvalue weighted by molar-refractivity contribution is 0.0945.